The van der Waals surface area contributed by atoms with Crippen molar-refractivity contribution in [3.05, 3.63) is 41.2 Å². The van der Waals surface area contributed by atoms with E-state index in [1.807, 2.05) is 6.07 Å². The molecule has 0 bridgehead atoms. The lowest BCUT2D eigenvalue weighted by molar-refractivity contribution is -0.141. The second-order valence-electron chi connectivity index (χ2n) is 4.56. The molecule has 1 heterocycles. The van der Waals surface area contributed by atoms with Crippen LogP contribution in [0.5, 0.6) is 0 Å². The molecular formula is C14H10Cl2N2O4S. The van der Waals surface area contributed by atoms with Crippen molar-refractivity contribution in [1.82, 2.24) is 4.57 Å². The maximum absolute atomic E-state index is 11.5. The molecule has 0 N–H and O–H groups in total. The van der Waals surface area contributed by atoms with Gasteiger partial charge in [0.1, 0.15) is 12.6 Å². The number of aromatic nitrogens is 1. The molecule has 0 aliphatic heterocycles. The fourth-order valence-corrected chi connectivity index (χ4v) is 3.09. The molecule has 0 fully saturated rings. The zero-order valence-corrected chi connectivity index (χ0v) is 14.1. The van der Waals surface area contributed by atoms with Gasteiger partial charge in [-0.2, -0.15) is 5.26 Å². The Kier molecular flexibility index (Phi) is 5.00. The van der Waals surface area contributed by atoms with E-state index in [0.29, 0.717) is 11.1 Å². The molecule has 1 aromatic heterocycles. The highest BCUT2D eigenvalue weighted by atomic mass is 35.7. The van der Waals surface area contributed by atoms with Crippen molar-refractivity contribution in [2.45, 2.75) is 11.4 Å². The van der Waals surface area contributed by atoms with Gasteiger partial charge in [-0.05, 0) is 23.8 Å². The predicted molar refractivity (Wildman–Crippen MR) is 84.6 cm³/mol. The van der Waals surface area contributed by atoms with Gasteiger partial charge in [0.2, 0.25) is 0 Å². The van der Waals surface area contributed by atoms with E-state index < -0.39 is 15.0 Å². The largest absolute Gasteiger partial charge is 0.468 e. The number of esters is 1. The number of hydrogen-bond acceptors (Lipinski definition) is 5. The zero-order chi connectivity index (χ0) is 17.2. The Bertz CT molecular complexity index is 913. The van der Waals surface area contributed by atoms with Crippen LogP contribution in [0.2, 0.25) is 5.02 Å². The summed E-state index contributed by atoms with van der Waals surface area (Å²) in [6.07, 6.45) is 2.99. The molecule has 0 spiro atoms. The lowest BCUT2D eigenvalue weighted by atomic mass is 10.1. The summed E-state index contributed by atoms with van der Waals surface area (Å²) in [5.41, 5.74) is 1.09. The van der Waals surface area contributed by atoms with Crippen LogP contribution in [0.15, 0.2) is 35.5 Å². The van der Waals surface area contributed by atoms with Gasteiger partial charge in [-0.15, -0.1) is 0 Å². The molecule has 0 atom stereocenters. The van der Waals surface area contributed by atoms with Crippen LogP contribution < -0.4 is 0 Å². The monoisotopic (exact) mass is 372 g/mol. The molecule has 6 nitrogen and oxygen atoms in total. The Labute approximate surface area is 142 Å². The van der Waals surface area contributed by atoms with Crippen molar-refractivity contribution in [3.63, 3.8) is 0 Å². The minimum Gasteiger partial charge on any atom is -0.468 e. The number of benzene rings is 1. The van der Waals surface area contributed by atoms with Crippen molar-refractivity contribution in [2.24, 2.45) is 0 Å². The number of halogens is 2. The van der Waals surface area contributed by atoms with E-state index in [-0.39, 0.29) is 22.0 Å². The molecule has 1 aromatic carbocycles. The second kappa shape index (κ2) is 6.62. The molecule has 2 rings (SSSR count). The van der Waals surface area contributed by atoms with Gasteiger partial charge in [0.05, 0.1) is 17.6 Å². The molecule has 0 radical (unpaired) electrons. The van der Waals surface area contributed by atoms with Crippen LogP contribution in [0.3, 0.4) is 0 Å². The molecule has 0 aliphatic carbocycles. The van der Waals surface area contributed by atoms with Gasteiger partial charge in [0.15, 0.2) is 0 Å². The number of nitriles is 1. The maximum atomic E-state index is 11.5. The Morgan fingerprint density at radius 1 is 1.35 bits per heavy atom. The van der Waals surface area contributed by atoms with Crippen LogP contribution in [0.1, 0.15) is 5.56 Å². The first kappa shape index (κ1) is 17.3. The Balaban J connectivity index is 2.56. The highest BCUT2D eigenvalue weighted by Crippen LogP contribution is 2.31. The van der Waals surface area contributed by atoms with E-state index in [0.717, 1.165) is 0 Å². The molecule has 0 saturated heterocycles. The molecule has 0 unspecified atom stereocenters. The maximum Gasteiger partial charge on any atom is 0.325 e. The topological polar surface area (TPSA) is 89.2 Å². The van der Waals surface area contributed by atoms with Crippen LogP contribution in [0, 0.1) is 11.3 Å². The SMILES string of the molecule is COC(=O)Cn1cc(C#N)c(-c2cc(Cl)cc(S(=O)(=O)Cl)c2)c1. The number of ether oxygens (including phenoxy) is 1. The summed E-state index contributed by atoms with van der Waals surface area (Å²) in [5, 5.41) is 9.38. The average Bonchev–Trinajstić information content (AvgIpc) is 2.88. The lowest BCUT2D eigenvalue weighted by Crippen LogP contribution is -2.09. The van der Waals surface area contributed by atoms with Gasteiger partial charge in [-0.25, -0.2) is 8.42 Å². The molecule has 0 aliphatic rings. The zero-order valence-electron chi connectivity index (χ0n) is 11.8. The smallest absolute Gasteiger partial charge is 0.325 e. The van der Waals surface area contributed by atoms with Crippen LogP contribution in [0.25, 0.3) is 11.1 Å². The standard InChI is InChI=1S/C14H10Cl2N2O4S/c1-22-14(19)8-18-6-10(5-17)13(7-18)9-2-11(15)4-12(3-9)23(16,20)21/h2-4,6-7H,8H2,1H3. The third kappa shape index (κ3) is 4.05. The summed E-state index contributed by atoms with van der Waals surface area (Å²) in [6, 6.07) is 6.02. The highest BCUT2D eigenvalue weighted by Gasteiger charge is 2.16. The van der Waals surface area contributed by atoms with Gasteiger partial charge >= 0.3 is 5.97 Å². The van der Waals surface area contributed by atoms with Crippen molar-refractivity contribution >= 4 is 37.3 Å². The summed E-state index contributed by atoms with van der Waals surface area (Å²) >= 11 is 5.93. The number of nitrogens with zero attached hydrogens (tertiary/aromatic N) is 2. The molecule has 120 valence electrons. The van der Waals surface area contributed by atoms with E-state index in [4.69, 9.17) is 22.3 Å². The Morgan fingerprint density at radius 3 is 2.61 bits per heavy atom. The predicted octanol–water partition coefficient (Wildman–Crippen LogP) is 2.78. The van der Waals surface area contributed by atoms with Crippen molar-refractivity contribution in [2.75, 3.05) is 7.11 Å². The highest BCUT2D eigenvalue weighted by molar-refractivity contribution is 8.13. The van der Waals surface area contributed by atoms with E-state index in [1.165, 1.54) is 42.3 Å². The van der Waals surface area contributed by atoms with Crippen LogP contribution >= 0.6 is 22.3 Å². The van der Waals surface area contributed by atoms with Crippen LogP contribution in [0.4, 0.5) is 0 Å². The normalized spacial score (nSPS) is 11.0. The third-order valence-corrected chi connectivity index (χ3v) is 4.56. The summed E-state index contributed by atoms with van der Waals surface area (Å²) in [4.78, 5) is 11.1. The number of carbonyl (C=O) groups is 1. The minimum absolute atomic E-state index is 0.0770. The summed E-state index contributed by atoms with van der Waals surface area (Å²) in [7, 11) is 2.63. The third-order valence-electron chi connectivity index (χ3n) is 3.00. The Morgan fingerprint density at radius 2 is 2.04 bits per heavy atom. The minimum atomic E-state index is -3.97. The van der Waals surface area contributed by atoms with Crippen molar-refractivity contribution in [3.8, 4) is 17.2 Å². The lowest BCUT2D eigenvalue weighted by Gasteiger charge is -2.04. The fourth-order valence-electron chi connectivity index (χ4n) is 1.99. The van der Waals surface area contributed by atoms with E-state index in [2.05, 4.69) is 4.74 Å². The summed E-state index contributed by atoms with van der Waals surface area (Å²) in [5.74, 6) is -0.480. The van der Waals surface area contributed by atoms with E-state index >= 15 is 0 Å². The molecular weight excluding hydrogens is 363 g/mol. The first-order valence-electron chi connectivity index (χ1n) is 6.17. The van der Waals surface area contributed by atoms with Gasteiger partial charge < -0.3 is 9.30 Å². The first-order chi connectivity index (χ1) is 10.7. The molecule has 23 heavy (non-hydrogen) atoms. The van der Waals surface area contributed by atoms with Gasteiger partial charge in [0, 0.05) is 33.7 Å². The molecule has 2 aromatic rings. The van der Waals surface area contributed by atoms with Gasteiger partial charge in [-0.1, -0.05) is 11.6 Å². The Hall–Kier alpha value is -2.01. The average molecular weight is 373 g/mol. The summed E-state index contributed by atoms with van der Waals surface area (Å²) < 4.78 is 29.0. The number of rotatable bonds is 4. The van der Waals surface area contributed by atoms with Gasteiger partial charge in [0.25, 0.3) is 9.05 Å². The van der Waals surface area contributed by atoms with Crippen molar-refractivity contribution < 1.29 is 17.9 Å². The molecule has 9 heteroatoms. The second-order valence-corrected chi connectivity index (χ2v) is 7.56. The first-order valence-corrected chi connectivity index (χ1v) is 8.85. The van der Waals surface area contributed by atoms with E-state index in [1.54, 1.807) is 0 Å². The number of carbonyl (C=O) groups excluding carboxylic acids is 1. The van der Waals surface area contributed by atoms with Crippen molar-refractivity contribution in [1.29, 1.82) is 5.26 Å². The number of hydrogen-bond donors (Lipinski definition) is 0. The van der Waals surface area contributed by atoms with Crippen LogP contribution in [-0.2, 0) is 25.1 Å². The quantitative estimate of drug-likeness (QED) is 0.607. The molecule has 0 saturated carbocycles. The van der Waals surface area contributed by atoms with E-state index in [9.17, 15) is 18.5 Å². The van der Waals surface area contributed by atoms with Crippen LogP contribution in [-0.4, -0.2) is 26.1 Å². The fraction of sp³-hybridized carbons (Fsp3) is 0.143. The van der Waals surface area contributed by atoms with Gasteiger partial charge in [-0.3, -0.25) is 4.79 Å². The number of methoxy groups -OCH3 is 1. The summed E-state index contributed by atoms with van der Waals surface area (Å²) in [6.45, 7) is -0.0770. The molecule has 0 amide bonds.